The van der Waals surface area contributed by atoms with Crippen molar-refractivity contribution in [2.75, 3.05) is 33.9 Å². The summed E-state index contributed by atoms with van der Waals surface area (Å²) in [5, 5.41) is 0. The van der Waals surface area contributed by atoms with Crippen molar-refractivity contribution in [1.29, 1.82) is 0 Å². The molecule has 0 unspecified atom stereocenters. The van der Waals surface area contributed by atoms with Gasteiger partial charge in [0.05, 0.1) is 19.3 Å². The molecule has 0 N–H and O–H groups in total. The highest BCUT2D eigenvalue weighted by molar-refractivity contribution is 5.94. The number of nitrogens with zero attached hydrogens (tertiary/aromatic N) is 2. The number of pyridine rings is 1. The van der Waals surface area contributed by atoms with Crippen molar-refractivity contribution in [3.63, 3.8) is 0 Å². The quantitative estimate of drug-likeness (QED) is 0.755. The Kier molecular flexibility index (Phi) is 6.29. The van der Waals surface area contributed by atoms with Crippen molar-refractivity contribution >= 4 is 5.91 Å². The average Bonchev–Trinajstić information content (AvgIpc) is 2.42. The molecule has 0 aliphatic rings. The van der Waals surface area contributed by atoms with Gasteiger partial charge in [-0.15, -0.1) is 0 Å². The number of methoxy groups -OCH3 is 2. The fourth-order valence-electron chi connectivity index (χ4n) is 1.73. The van der Waals surface area contributed by atoms with Crippen LogP contribution in [0.1, 0.15) is 24.2 Å². The lowest BCUT2D eigenvalue weighted by Gasteiger charge is -2.24. The Bertz CT molecular complexity index is 390. The normalized spacial score (nSPS) is 10.6. The van der Waals surface area contributed by atoms with E-state index in [0.717, 1.165) is 0 Å². The summed E-state index contributed by atoms with van der Waals surface area (Å²) in [6.07, 6.45) is 1.54. The molecule has 0 saturated carbocycles. The zero-order chi connectivity index (χ0) is 14.3. The van der Waals surface area contributed by atoms with Gasteiger partial charge in [0.1, 0.15) is 0 Å². The van der Waals surface area contributed by atoms with Crippen LogP contribution in [0.5, 0.6) is 5.88 Å². The van der Waals surface area contributed by atoms with Crippen molar-refractivity contribution in [3.05, 3.63) is 23.9 Å². The van der Waals surface area contributed by atoms with Gasteiger partial charge >= 0.3 is 0 Å². The summed E-state index contributed by atoms with van der Waals surface area (Å²) in [5.74, 6) is 0.886. The van der Waals surface area contributed by atoms with Gasteiger partial charge < -0.3 is 14.4 Å². The van der Waals surface area contributed by atoms with E-state index in [9.17, 15) is 4.79 Å². The van der Waals surface area contributed by atoms with Crippen molar-refractivity contribution in [3.8, 4) is 5.88 Å². The van der Waals surface area contributed by atoms with E-state index in [1.54, 1.807) is 37.4 Å². The summed E-state index contributed by atoms with van der Waals surface area (Å²) in [5.41, 5.74) is 0.567. The van der Waals surface area contributed by atoms with Gasteiger partial charge in [-0.2, -0.15) is 0 Å². The van der Waals surface area contributed by atoms with Crippen molar-refractivity contribution in [1.82, 2.24) is 9.88 Å². The Labute approximate surface area is 114 Å². The SMILES string of the molecule is COCCN(CC(C)C)C(=O)c1ccc(OC)nc1. The number of amides is 1. The number of hydrogen-bond acceptors (Lipinski definition) is 4. The minimum Gasteiger partial charge on any atom is -0.481 e. The summed E-state index contributed by atoms with van der Waals surface area (Å²) in [6.45, 7) is 5.98. The average molecular weight is 266 g/mol. The van der Waals surface area contributed by atoms with E-state index in [0.29, 0.717) is 37.1 Å². The van der Waals surface area contributed by atoms with E-state index < -0.39 is 0 Å². The maximum atomic E-state index is 12.4. The Balaban J connectivity index is 2.78. The molecule has 0 spiro atoms. The zero-order valence-electron chi connectivity index (χ0n) is 12.0. The minimum absolute atomic E-state index is 0.0269. The van der Waals surface area contributed by atoms with Crippen LogP contribution in [-0.2, 0) is 4.74 Å². The first-order valence-corrected chi connectivity index (χ1v) is 6.36. The third-order valence-corrected chi connectivity index (χ3v) is 2.63. The molecule has 0 atom stereocenters. The molecule has 0 aromatic carbocycles. The highest BCUT2D eigenvalue weighted by Crippen LogP contribution is 2.10. The van der Waals surface area contributed by atoms with E-state index in [1.165, 1.54) is 0 Å². The molecular weight excluding hydrogens is 244 g/mol. The molecule has 1 amide bonds. The standard InChI is InChI=1S/C14H22N2O3/c1-11(2)10-16(7-8-18-3)14(17)12-5-6-13(19-4)15-9-12/h5-6,9,11H,7-8,10H2,1-4H3. The van der Waals surface area contributed by atoms with Crippen LogP contribution in [0.4, 0.5) is 0 Å². The zero-order valence-corrected chi connectivity index (χ0v) is 12.0. The fourth-order valence-corrected chi connectivity index (χ4v) is 1.73. The molecule has 5 heteroatoms. The molecule has 0 aliphatic carbocycles. The Morgan fingerprint density at radius 1 is 1.37 bits per heavy atom. The summed E-state index contributed by atoms with van der Waals surface area (Å²) < 4.78 is 10.0. The topological polar surface area (TPSA) is 51.7 Å². The molecule has 0 fully saturated rings. The smallest absolute Gasteiger partial charge is 0.255 e. The third-order valence-electron chi connectivity index (χ3n) is 2.63. The Hall–Kier alpha value is -1.62. The largest absolute Gasteiger partial charge is 0.481 e. The van der Waals surface area contributed by atoms with Crippen LogP contribution in [0.25, 0.3) is 0 Å². The minimum atomic E-state index is -0.0269. The van der Waals surface area contributed by atoms with Crippen molar-refractivity contribution in [2.45, 2.75) is 13.8 Å². The van der Waals surface area contributed by atoms with Crippen LogP contribution >= 0.6 is 0 Å². The monoisotopic (exact) mass is 266 g/mol. The van der Waals surface area contributed by atoms with Crippen molar-refractivity contribution < 1.29 is 14.3 Å². The molecule has 1 aromatic rings. The summed E-state index contributed by atoms with van der Waals surface area (Å²) in [6, 6.07) is 3.42. The summed E-state index contributed by atoms with van der Waals surface area (Å²) in [4.78, 5) is 18.2. The maximum Gasteiger partial charge on any atom is 0.255 e. The van der Waals surface area contributed by atoms with Gasteiger partial charge in [0.25, 0.3) is 5.91 Å². The van der Waals surface area contributed by atoms with Gasteiger partial charge in [-0.05, 0) is 12.0 Å². The predicted molar refractivity (Wildman–Crippen MR) is 73.4 cm³/mol. The molecule has 19 heavy (non-hydrogen) atoms. The second kappa shape index (κ2) is 7.74. The molecule has 0 aliphatic heterocycles. The Morgan fingerprint density at radius 2 is 2.11 bits per heavy atom. The van der Waals surface area contributed by atoms with Gasteiger partial charge in [0.2, 0.25) is 5.88 Å². The van der Waals surface area contributed by atoms with Gasteiger partial charge in [0, 0.05) is 32.5 Å². The Morgan fingerprint density at radius 3 is 2.58 bits per heavy atom. The van der Waals surface area contributed by atoms with Gasteiger partial charge in [-0.3, -0.25) is 4.79 Å². The summed E-state index contributed by atoms with van der Waals surface area (Å²) in [7, 11) is 3.18. The highest BCUT2D eigenvalue weighted by atomic mass is 16.5. The molecule has 0 radical (unpaired) electrons. The lowest BCUT2D eigenvalue weighted by atomic mass is 10.2. The lowest BCUT2D eigenvalue weighted by Crippen LogP contribution is -2.36. The molecule has 106 valence electrons. The molecule has 1 rings (SSSR count). The van der Waals surface area contributed by atoms with E-state index >= 15 is 0 Å². The number of carbonyl (C=O) groups excluding carboxylic acids is 1. The van der Waals surface area contributed by atoms with Crippen molar-refractivity contribution in [2.24, 2.45) is 5.92 Å². The van der Waals surface area contributed by atoms with Gasteiger partial charge in [-0.25, -0.2) is 4.98 Å². The van der Waals surface area contributed by atoms with E-state index in [1.807, 2.05) is 0 Å². The number of hydrogen-bond donors (Lipinski definition) is 0. The maximum absolute atomic E-state index is 12.4. The third kappa shape index (κ3) is 4.87. The molecule has 5 nitrogen and oxygen atoms in total. The lowest BCUT2D eigenvalue weighted by molar-refractivity contribution is 0.0672. The second-order valence-corrected chi connectivity index (χ2v) is 4.73. The molecule has 1 heterocycles. The number of rotatable bonds is 7. The number of carbonyl (C=O) groups is 1. The molecule has 0 saturated heterocycles. The predicted octanol–water partition coefficient (Wildman–Crippen LogP) is 1.83. The first-order valence-electron chi connectivity index (χ1n) is 6.36. The van der Waals surface area contributed by atoms with Crippen LogP contribution < -0.4 is 4.74 Å². The highest BCUT2D eigenvalue weighted by Gasteiger charge is 2.17. The molecule has 1 aromatic heterocycles. The van der Waals surface area contributed by atoms with E-state index in [4.69, 9.17) is 9.47 Å². The first kappa shape index (κ1) is 15.4. The number of aromatic nitrogens is 1. The van der Waals surface area contributed by atoms with Crippen LogP contribution in [-0.4, -0.2) is 49.7 Å². The van der Waals surface area contributed by atoms with E-state index in [-0.39, 0.29) is 5.91 Å². The second-order valence-electron chi connectivity index (χ2n) is 4.73. The van der Waals surface area contributed by atoms with Crippen LogP contribution in [0, 0.1) is 5.92 Å². The van der Waals surface area contributed by atoms with E-state index in [2.05, 4.69) is 18.8 Å². The van der Waals surface area contributed by atoms with Crippen LogP contribution in [0.15, 0.2) is 18.3 Å². The fraction of sp³-hybridized carbons (Fsp3) is 0.571. The van der Waals surface area contributed by atoms with Gasteiger partial charge in [-0.1, -0.05) is 13.8 Å². The first-order chi connectivity index (χ1) is 9.08. The number of ether oxygens (including phenoxy) is 2. The van der Waals surface area contributed by atoms with Gasteiger partial charge in [0.15, 0.2) is 0 Å². The summed E-state index contributed by atoms with van der Waals surface area (Å²) >= 11 is 0. The molecular formula is C14H22N2O3. The van der Waals surface area contributed by atoms with Crippen LogP contribution in [0.2, 0.25) is 0 Å². The molecule has 0 bridgehead atoms. The van der Waals surface area contributed by atoms with Crippen LogP contribution in [0.3, 0.4) is 0 Å².